The third-order valence-corrected chi connectivity index (χ3v) is 4.99. The van der Waals surface area contributed by atoms with Crippen molar-refractivity contribution >= 4 is 13.6 Å². The van der Waals surface area contributed by atoms with Crippen LogP contribution in [0.4, 0.5) is 32.2 Å². The van der Waals surface area contributed by atoms with Crippen molar-refractivity contribution in [1.82, 2.24) is 9.55 Å². The molecule has 1 fully saturated rings. The number of nitrogens with two attached hydrogens (primary N) is 1. The van der Waals surface area contributed by atoms with E-state index in [1.165, 1.54) is 0 Å². The molecule has 0 aliphatic carbocycles. The second kappa shape index (κ2) is 9.40. The minimum absolute atomic E-state index is 0.168. The predicted octanol–water partition coefficient (Wildman–Crippen LogP) is 0.727. The van der Waals surface area contributed by atoms with Crippen LogP contribution in [0.3, 0.4) is 0 Å². The van der Waals surface area contributed by atoms with E-state index in [9.17, 15) is 45.9 Å². The first-order valence-electron chi connectivity index (χ1n) is 8.14. The van der Waals surface area contributed by atoms with Crippen LogP contribution in [0.15, 0.2) is 17.1 Å². The molecule has 1 aliphatic rings. The van der Waals surface area contributed by atoms with Gasteiger partial charge in [0.25, 0.3) is 0 Å². The number of phosphoric ester groups is 1. The van der Waals surface area contributed by atoms with E-state index in [2.05, 4.69) is 18.6 Å². The summed E-state index contributed by atoms with van der Waals surface area (Å²) in [6.07, 6.45) is -16.0. The number of aliphatic hydroxyl groups is 2. The van der Waals surface area contributed by atoms with Gasteiger partial charge in [-0.2, -0.15) is 31.3 Å². The van der Waals surface area contributed by atoms with E-state index < -0.39 is 70.2 Å². The second-order valence-corrected chi connectivity index (χ2v) is 7.78. The molecule has 0 saturated carbocycles. The molecule has 4 atom stereocenters. The average Bonchev–Trinajstić information content (AvgIpc) is 2.91. The molecule has 178 valence electrons. The van der Waals surface area contributed by atoms with E-state index in [-0.39, 0.29) is 5.82 Å². The molecule has 1 aliphatic heterocycles. The first-order valence-corrected chi connectivity index (χ1v) is 9.60. The Bertz CT molecular complexity index is 843. The molecule has 1 aromatic rings. The number of hydrogen-bond donors (Lipinski definition) is 3. The number of anilines is 1. The lowest BCUT2D eigenvalue weighted by Gasteiger charge is -2.22. The zero-order valence-electron chi connectivity index (χ0n) is 15.1. The van der Waals surface area contributed by atoms with Crippen LogP contribution >= 0.6 is 7.82 Å². The highest BCUT2D eigenvalue weighted by Crippen LogP contribution is 2.52. The maximum atomic E-state index is 12.3. The van der Waals surface area contributed by atoms with Crippen LogP contribution in [-0.2, 0) is 22.9 Å². The van der Waals surface area contributed by atoms with Gasteiger partial charge in [-0.25, -0.2) is 9.36 Å². The van der Waals surface area contributed by atoms with E-state index in [4.69, 9.17) is 10.5 Å². The number of alkyl halides is 6. The van der Waals surface area contributed by atoms with Crippen molar-refractivity contribution < 1.29 is 59.4 Å². The number of aliphatic hydroxyl groups excluding tert-OH is 2. The standard InChI is InChI=1S/C13H16F6N3O8P/c14-12(15,16)4-28-31(26,29-5-13(17,18)19)27-3-6-8(23)9(24)10(30-6)22-2-1-7(20)21-11(22)25/h1-2,6,8-10,23-24H,3-5H2,(H2,20,21,25)/t6-,8-,9+,10-/m1/s1. The number of nitrogens with zero attached hydrogens (tertiary/aromatic N) is 2. The molecule has 18 heteroatoms. The van der Waals surface area contributed by atoms with Gasteiger partial charge in [-0.15, -0.1) is 0 Å². The second-order valence-electron chi connectivity index (χ2n) is 6.11. The van der Waals surface area contributed by atoms with Crippen LogP contribution in [-0.4, -0.2) is 70.2 Å². The number of hydrogen-bond acceptors (Lipinski definition) is 10. The molecule has 0 bridgehead atoms. The molecular weight excluding hydrogens is 471 g/mol. The molecular formula is C13H16F6N3O8P. The van der Waals surface area contributed by atoms with E-state index in [0.717, 1.165) is 12.3 Å². The molecule has 31 heavy (non-hydrogen) atoms. The van der Waals surface area contributed by atoms with Crippen molar-refractivity contribution in [3.05, 3.63) is 22.7 Å². The third-order valence-electron chi connectivity index (χ3n) is 3.63. The van der Waals surface area contributed by atoms with Crippen molar-refractivity contribution in [3.63, 3.8) is 0 Å². The Balaban J connectivity index is 2.10. The smallest absolute Gasteiger partial charge is 0.387 e. The Morgan fingerprint density at radius 3 is 2.13 bits per heavy atom. The zero-order valence-corrected chi connectivity index (χ0v) is 16.0. The van der Waals surface area contributed by atoms with Crippen molar-refractivity contribution in [2.75, 3.05) is 25.6 Å². The SMILES string of the molecule is Nc1ccn([C@@H]2O[C@H](COP(=O)(OCC(F)(F)F)OCC(F)(F)F)[C@@H](O)[C@@H]2O)c(=O)n1. The quantitative estimate of drug-likeness (QED) is 0.353. The first kappa shape index (κ1) is 25.5. The van der Waals surface area contributed by atoms with Gasteiger partial charge >= 0.3 is 25.9 Å². The highest BCUT2D eigenvalue weighted by Gasteiger charge is 2.46. The zero-order chi connectivity index (χ0) is 23.6. The van der Waals surface area contributed by atoms with Crippen molar-refractivity contribution in [3.8, 4) is 0 Å². The molecule has 2 heterocycles. The van der Waals surface area contributed by atoms with Gasteiger partial charge in [-0.1, -0.05) is 0 Å². The fourth-order valence-corrected chi connectivity index (χ4v) is 3.46. The lowest BCUT2D eigenvalue weighted by Crippen LogP contribution is -2.36. The Morgan fingerprint density at radius 2 is 1.65 bits per heavy atom. The lowest BCUT2D eigenvalue weighted by atomic mass is 10.1. The molecule has 0 amide bonds. The fraction of sp³-hybridized carbons (Fsp3) is 0.692. The summed E-state index contributed by atoms with van der Waals surface area (Å²) in [5, 5.41) is 20.0. The van der Waals surface area contributed by atoms with Crippen LogP contribution in [0, 0.1) is 0 Å². The van der Waals surface area contributed by atoms with Gasteiger partial charge in [-0.3, -0.25) is 18.1 Å². The summed E-state index contributed by atoms with van der Waals surface area (Å²) in [6.45, 7) is -5.64. The van der Waals surface area contributed by atoms with Crippen LogP contribution < -0.4 is 11.4 Å². The summed E-state index contributed by atoms with van der Waals surface area (Å²) in [5.74, 6) is -0.168. The topological polar surface area (TPSA) is 155 Å². The first-order chi connectivity index (χ1) is 14.1. The number of ether oxygens (including phenoxy) is 1. The Hall–Kier alpha value is -1.75. The Labute approximate surface area is 168 Å². The average molecular weight is 487 g/mol. The van der Waals surface area contributed by atoms with E-state index >= 15 is 0 Å². The number of halogens is 6. The summed E-state index contributed by atoms with van der Waals surface area (Å²) in [6, 6.07) is 1.15. The van der Waals surface area contributed by atoms with Gasteiger partial charge in [-0.05, 0) is 6.07 Å². The van der Waals surface area contributed by atoms with Crippen molar-refractivity contribution in [2.24, 2.45) is 0 Å². The lowest BCUT2D eigenvalue weighted by molar-refractivity contribution is -0.171. The van der Waals surface area contributed by atoms with Crippen LogP contribution in [0.25, 0.3) is 0 Å². The number of phosphoric acid groups is 1. The van der Waals surface area contributed by atoms with E-state index in [0.29, 0.717) is 4.57 Å². The van der Waals surface area contributed by atoms with Gasteiger partial charge in [0.1, 0.15) is 24.1 Å². The van der Waals surface area contributed by atoms with Crippen molar-refractivity contribution in [2.45, 2.75) is 36.9 Å². The van der Waals surface area contributed by atoms with Crippen LogP contribution in [0.5, 0.6) is 0 Å². The minimum atomic E-state index is -5.43. The molecule has 0 spiro atoms. The highest BCUT2D eigenvalue weighted by molar-refractivity contribution is 7.48. The highest BCUT2D eigenvalue weighted by atomic mass is 31.2. The molecule has 0 aromatic carbocycles. The monoisotopic (exact) mass is 487 g/mol. The van der Waals surface area contributed by atoms with Gasteiger partial charge in [0.15, 0.2) is 19.4 Å². The van der Waals surface area contributed by atoms with Crippen LogP contribution in [0.1, 0.15) is 6.23 Å². The summed E-state index contributed by atoms with van der Waals surface area (Å²) >= 11 is 0. The van der Waals surface area contributed by atoms with E-state index in [1.807, 2.05) is 0 Å². The molecule has 1 aromatic heterocycles. The van der Waals surface area contributed by atoms with E-state index in [1.54, 1.807) is 0 Å². The van der Waals surface area contributed by atoms with Gasteiger partial charge in [0.05, 0.1) is 6.61 Å². The minimum Gasteiger partial charge on any atom is -0.387 e. The van der Waals surface area contributed by atoms with Gasteiger partial charge in [0, 0.05) is 6.20 Å². The Kier molecular flexibility index (Phi) is 7.73. The fourth-order valence-electron chi connectivity index (χ4n) is 2.30. The summed E-state index contributed by atoms with van der Waals surface area (Å²) in [4.78, 5) is 15.2. The molecule has 0 radical (unpaired) electrons. The van der Waals surface area contributed by atoms with Gasteiger partial charge in [0.2, 0.25) is 0 Å². The number of rotatable bonds is 8. The molecule has 4 N–H and O–H groups in total. The normalized spacial score (nSPS) is 25.2. The number of nitrogen functional groups attached to an aromatic ring is 1. The maximum absolute atomic E-state index is 12.3. The number of aromatic nitrogens is 2. The molecule has 0 unspecified atom stereocenters. The summed E-state index contributed by atoms with van der Waals surface area (Å²) < 4.78 is 104. The molecule has 11 nitrogen and oxygen atoms in total. The van der Waals surface area contributed by atoms with Crippen molar-refractivity contribution in [1.29, 1.82) is 0 Å². The van der Waals surface area contributed by atoms with Crippen LogP contribution in [0.2, 0.25) is 0 Å². The maximum Gasteiger partial charge on any atom is 0.475 e. The predicted molar refractivity (Wildman–Crippen MR) is 86.4 cm³/mol. The molecule has 1 saturated heterocycles. The third kappa shape index (κ3) is 7.41. The Morgan fingerprint density at radius 1 is 1.10 bits per heavy atom. The summed E-state index contributed by atoms with van der Waals surface area (Å²) in [7, 11) is -5.43. The van der Waals surface area contributed by atoms with Gasteiger partial charge < -0.3 is 20.7 Å². The largest absolute Gasteiger partial charge is 0.475 e. The summed E-state index contributed by atoms with van der Waals surface area (Å²) in [5.41, 5.74) is 4.32. The molecule has 2 rings (SSSR count).